The summed E-state index contributed by atoms with van der Waals surface area (Å²) in [5.41, 5.74) is 3.36. The molecule has 1 N–H and O–H groups in total. The van der Waals surface area contributed by atoms with Crippen LogP contribution in [-0.4, -0.2) is 26.1 Å². The minimum Gasteiger partial charge on any atom is -0.344 e. The third-order valence-electron chi connectivity index (χ3n) is 5.91. The van der Waals surface area contributed by atoms with Crippen LogP contribution < -0.4 is 5.32 Å². The second-order valence-electron chi connectivity index (χ2n) is 8.62. The van der Waals surface area contributed by atoms with Crippen molar-refractivity contribution in [3.8, 4) is 6.07 Å². The number of nitrogens with zero attached hydrogens (tertiary/aromatic N) is 4. The molecule has 4 aromatic rings. The first-order valence-electron chi connectivity index (χ1n) is 11.7. The zero-order valence-corrected chi connectivity index (χ0v) is 21.7. The second-order valence-corrected chi connectivity index (χ2v) is 9.45. The van der Waals surface area contributed by atoms with Gasteiger partial charge in [0.15, 0.2) is 5.11 Å². The molecule has 38 heavy (non-hydrogen) atoms. The highest BCUT2D eigenvalue weighted by atomic mass is 35.5. The number of imidazole rings is 1. The van der Waals surface area contributed by atoms with Crippen molar-refractivity contribution in [2.24, 2.45) is 0 Å². The number of nitriles is 1. The highest BCUT2D eigenvalue weighted by molar-refractivity contribution is 7.80. The van der Waals surface area contributed by atoms with E-state index in [1.807, 2.05) is 21.6 Å². The van der Waals surface area contributed by atoms with E-state index >= 15 is 0 Å². The van der Waals surface area contributed by atoms with Crippen LogP contribution >= 0.6 is 23.8 Å². The third kappa shape index (κ3) is 7.34. The molecule has 0 saturated heterocycles. The number of halogens is 4. The summed E-state index contributed by atoms with van der Waals surface area (Å²) in [5, 5.41) is 13.2. The molecule has 10 heteroatoms. The van der Waals surface area contributed by atoms with Gasteiger partial charge in [0.25, 0.3) is 0 Å². The van der Waals surface area contributed by atoms with Gasteiger partial charge in [0.2, 0.25) is 0 Å². The van der Waals surface area contributed by atoms with Crippen LogP contribution in [0.5, 0.6) is 0 Å². The molecule has 0 spiro atoms. The van der Waals surface area contributed by atoms with Crippen molar-refractivity contribution in [2.75, 3.05) is 11.9 Å². The second kappa shape index (κ2) is 12.1. The SMILES string of the molecule is N#Cc1ccc(Cn2cncc2CCN(Cc2ccc(C(F)(F)F)cc2)C(=S)Nc2ccc(Cl)cc2)cc1. The van der Waals surface area contributed by atoms with Gasteiger partial charge in [-0.15, -0.1) is 0 Å². The Labute approximate surface area is 229 Å². The summed E-state index contributed by atoms with van der Waals surface area (Å²) >= 11 is 11.7. The molecule has 1 heterocycles. The van der Waals surface area contributed by atoms with E-state index in [2.05, 4.69) is 16.4 Å². The van der Waals surface area contributed by atoms with Crippen molar-refractivity contribution in [3.63, 3.8) is 0 Å². The molecule has 0 atom stereocenters. The van der Waals surface area contributed by atoms with E-state index in [9.17, 15) is 13.2 Å². The first-order chi connectivity index (χ1) is 18.2. The van der Waals surface area contributed by atoms with E-state index in [4.69, 9.17) is 29.1 Å². The molecule has 0 bridgehead atoms. The van der Waals surface area contributed by atoms with Crippen molar-refractivity contribution < 1.29 is 13.2 Å². The summed E-state index contributed by atoms with van der Waals surface area (Å²) in [6, 6.07) is 21.7. The average Bonchev–Trinajstić information content (AvgIpc) is 3.34. The molecule has 0 saturated carbocycles. The summed E-state index contributed by atoms with van der Waals surface area (Å²) < 4.78 is 41.1. The number of thiocarbonyl (C=S) groups is 1. The lowest BCUT2D eigenvalue weighted by atomic mass is 10.1. The van der Waals surface area contributed by atoms with Crippen LogP contribution in [0.2, 0.25) is 5.02 Å². The molecule has 5 nitrogen and oxygen atoms in total. The molecule has 0 fully saturated rings. The van der Waals surface area contributed by atoms with Crippen molar-refractivity contribution in [3.05, 3.63) is 118 Å². The summed E-state index contributed by atoms with van der Waals surface area (Å²) in [5.74, 6) is 0. The van der Waals surface area contributed by atoms with Gasteiger partial charge >= 0.3 is 6.18 Å². The third-order valence-corrected chi connectivity index (χ3v) is 6.52. The fourth-order valence-electron chi connectivity index (χ4n) is 3.84. The normalized spacial score (nSPS) is 11.1. The highest BCUT2D eigenvalue weighted by Gasteiger charge is 2.30. The standard InChI is InChI=1S/C28H23ClF3N5S/c29-24-9-11-25(12-10-24)35-27(38)36(17-22-5-7-23(8-6-22)28(30,31)32)14-13-26-16-34-19-37(26)18-21-3-1-20(15-33)2-4-21/h1-12,16,19H,13-14,17-18H2,(H,35,38). The number of alkyl halides is 3. The molecule has 0 aliphatic heterocycles. The molecule has 3 aromatic carbocycles. The topological polar surface area (TPSA) is 56.9 Å². The summed E-state index contributed by atoms with van der Waals surface area (Å²) in [6.45, 7) is 1.41. The summed E-state index contributed by atoms with van der Waals surface area (Å²) in [7, 11) is 0. The van der Waals surface area contributed by atoms with Crippen LogP contribution in [0.15, 0.2) is 85.3 Å². The number of benzene rings is 3. The molecule has 0 unspecified atom stereocenters. The smallest absolute Gasteiger partial charge is 0.344 e. The zero-order chi connectivity index (χ0) is 27.1. The molecular formula is C28H23ClF3N5S. The molecule has 194 valence electrons. The van der Waals surface area contributed by atoms with Crippen molar-refractivity contribution in [1.29, 1.82) is 5.26 Å². The van der Waals surface area contributed by atoms with Crippen LogP contribution in [0.1, 0.15) is 27.9 Å². The van der Waals surface area contributed by atoms with E-state index in [-0.39, 0.29) is 0 Å². The monoisotopic (exact) mass is 553 g/mol. The van der Waals surface area contributed by atoms with Gasteiger partial charge in [0.05, 0.1) is 23.5 Å². The first-order valence-corrected chi connectivity index (χ1v) is 12.5. The van der Waals surface area contributed by atoms with Gasteiger partial charge in [-0.3, -0.25) is 0 Å². The fraction of sp³-hybridized carbons (Fsp3) is 0.179. The predicted molar refractivity (Wildman–Crippen MR) is 146 cm³/mol. The number of rotatable bonds is 8. The van der Waals surface area contributed by atoms with Gasteiger partial charge in [0.1, 0.15) is 0 Å². The molecule has 4 rings (SSSR count). The number of anilines is 1. The lowest BCUT2D eigenvalue weighted by Gasteiger charge is -2.26. The fourth-order valence-corrected chi connectivity index (χ4v) is 4.24. The van der Waals surface area contributed by atoms with Gasteiger partial charge in [-0.05, 0) is 71.9 Å². The molecule has 0 aliphatic rings. The molecule has 0 radical (unpaired) electrons. The van der Waals surface area contributed by atoms with Crippen molar-refractivity contribution >= 4 is 34.6 Å². The Bertz CT molecular complexity index is 1410. The zero-order valence-electron chi connectivity index (χ0n) is 20.1. The van der Waals surface area contributed by atoms with Crippen LogP contribution in [0, 0.1) is 11.3 Å². The van der Waals surface area contributed by atoms with Gasteiger partial charge in [0, 0.05) is 48.7 Å². The van der Waals surface area contributed by atoms with Crippen LogP contribution in [0.4, 0.5) is 18.9 Å². The minimum atomic E-state index is -4.39. The number of hydrogen-bond donors (Lipinski definition) is 1. The first kappa shape index (κ1) is 27.2. The molecule has 1 aromatic heterocycles. The van der Waals surface area contributed by atoms with E-state index in [1.165, 1.54) is 12.1 Å². The van der Waals surface area contributed by atoms with Gasteiger partial charge in [-0.25, -0.2) is 4.98 Å². The van der Waals surface area contributed by atoms with Crippen LogP contribution in [0.3, 0.4) is 0 Å². The maximum atomic E-state index is 13.0. The van der Waals surface area contributed by atoms with E-state index in [0.29, 0.717) is 47.3 Å². The summed E-state index contributed by atoms with van der Waals surface area (Å²) in [6.07, 6.45) is -0.260. The molecular weight excluding hydrogens is 531 g/mol. The largest absolute Gasteiger partial charge is 0.416 e. The summed E-state index contributed by atoms with van der Waals surface area (Å²) in [4.78, 5) is 6.20. The van der Waals surface area contributed by atoms with Crippen molar-refractivity contribution in [1.82, 2.24) is 14.5 Å². The van der Waals surface area contributed by atoms with Gasteiger partial charge < -0.3 is 14.8 Å². The lowest BCUT2D eigenvalue weighted by Crippen LogP contribution is -2.36. The van der Waals surface area contributed by atoms with E-state index < -0.39 is 11.7 Å². The van der Waals surface area contributed by atoms with E-state index in [1.54, 1.807) is 48.9 Å². The maximum Gasteiger partial charge on any atom is 0.416 e. The molecule has 0 aliphatic carbocycles. The number of hydrogen-bond acceptors (Lipinski definition) is 3. The Morgan fingerprint density at radius 3 is 2.29 bits per heavy atom. The van der Waals surface area contributed by atoms with Crippen molar-refractivity contribution in [2.45, 2.75) is 25.7 Å². The van der Waals surface area contributed by atoms with Gasteiger partial charge in [-0.1, -0.05) is 35.9 Å². The van der Waals surface area contributed by atoms with Gasteiger partial charge in [-0.2, -0.15) is 18.4 Å². The Balaban J connectivity index is 1.49. The number of aromatic nitrogens is 2. The lowest BCUT2D eigenvalue weighted by molar-refractivity contribution is -0.137. The van der Waals surface area contributed by atoms with Crippen LogP contribution in [-0.2, 0) is 25.7 Å². The average molecular weight is 554 g/mol. The Kier molecular flexibility index (Phi) is 8.66. The Morgan fingerprint density at radius 2 is 1.66 bits per heavy atom. The quantitative estimate of drug-likeness (QED) is 0.240. The molecule has 0 amide bonds. The Hall–Kier alpha value is -3.87. The highest BCUT2D eigenvalue weighted by Crippen LogP contribution is 2.29. The predicted octanol–water partition coefficient (Wildman–Crippen LogP) is 6.92. The maximum absolute atomic E-state index is 13.0. The van der Waals surface area contributed by atoms with Crippen LogP contribution in [0.25, 0.3) is 0 Å². The van der Waals surface area contributed by atoms with E-state index in [0.717, 1.165) is 29.1 Å². The number of nitrogens with one attached hydrogen (secondary N) is 1. The minimum absolute atomic E-state index is 0.321. The Morgan fingerprint density at radius 1 is 1.00 bits per heavy atom.